The van der Waals surface area contributed by atoms with Gasteiger partial charge in [0, 0.05) is 6.04 Å². The molecule has 0 bridgehead atoms. The maximum atomic E-state index is 11.9. The van der Waals surface area contributed by atoms with Crippen molar-refractivity contribution in [2.45, 2.75) is 31.7 Å². The van der Waals surface area contributed by atoms with E-state index in [1.54, 1.807) is 0 Å². The predicted octanol–water partition coefficient (Wildman–Crippen LogP) is 2.04. The Hall–Kier alpha value is -0.440. The minimum absolute atomic E-state index is 0.0368. The fourth-order valence-corrected chi connectivity index (χ4v) is 1.27. The van der Waals surface area contributed by atoms with E-state index in [9.17, 15) is 8.78 Å². The molecule has 0 amide bonds. The van der Waals surface area contributed by atoms with Gasteiger partial charge in [-0.1, -0.05) is 0 Å². The summed E-state index contributed by atoms with van der Waals surface area (Å²) < 4.78 is 23.8. The van der Waals surface area contributed by atoms with Gasteiger partial charge in [-0.3, -0.25) is 0 Å². The highest BCUT2D eigenvalue weighted by Gasteiger charge is 2.16. The number of halogens is 2. The molecule has 0 aromatic heterocycles. The first-order chi connectivity index (χ1) is 4.70. The lowest BCUT2D eigenvalue weighted by molar-refractivity contribution is 0.384. The Balaban J connectivity index is 2.55. The van der Waals surface area contributed by atoms with Gasteiger partial charge in [0.05, 0.1) is 0 Å². The number of hydrogen-bond donors (Lipinski definition) is 1. The molecule has 1 atom stereocenters. The summed E-state index contributed by atoms with van der Waals surface area (Å²) in [7, 11) is 0. The minimum atomic E-state index is -1.52. The molecule has 58 valence electrons. The van der Waals surface area contributed by atoms with Crippen LogP contribution in [0.15, 0.2) is 11.7 Å². The summed E-state index contributed by atoms with van der Waals surface area (Å²) in [6, 6.07) is -0.0368. The standard InChI is InChI=1S/C7H11F2N/c8-7(9)5-2-1-3-6(10)4-5/h6H,1-4,10H2/t6-/m1/s1. The highest BCUT2D eigenvalue weighted by Crippen LogP contribution is 2.25. The second kappa shape index (κ2) is 3.10. The minimum Gasteiger partial charge on any atom is -0.327 e. The van der Waals surface area contributed by atoms with Gasteiger partial charge in [-0.05, 0) is 31.3 Å². The van der Waals surface area contributed by atoms with Crippen LogP contribution in [-0.4, -0.2) is 6.04 Å². The molecule has 1 aliphatic rings. The molecule has 1 saturated carbocycles. The molecule has 1 aliphatic carbocycles. The largest absolute Gasteiger partial charge is 0.327 e. The van der Waals surface area contributed by atoms with Crippen LogP contribution in [-0.2, 0) is 0 Å². The Morgan fingerprint density at radius 3 is 2.60 bits per heavy atom. The second-order valence-electron chi connectivity index (χ2n) is 2.72. The zero-order valence-electron chi connectivity index (χ0n) is 5.74. The first-order valence-corrected chi connectivity index (χ1v) is 3.48. The molecule has 3 heteroatoms. The van der Waals surface area contributed by atoms with E-state index in [2.05, 4.69) is 0 Å². The summed E-state index contributed by atoms with van der Waals surface area (Å²) in [4.78, 5) is 0. The van der Waals surface area contributed by atoms with Gasteiger partial charge in [0.2, 0.25) is 0 Å². The highest BCUT2D eigenvalue weighted by molar-refractivity contribution is 5.07. The van der Waals surface area contributed by atoms with E-state index in [-0.39, 0.29) is 11.6 Å². The maximum Gasteiger partial charge on any atom is 0.269 e. The van der Waals surface area contributed by atoms with Gasteiger partial charge in [0.25, 0.3) is 6.08 Å². The van der Waals surface area contributed by atoms with E-state index in [1.165, 1.54) is 0 Å². The molecule has 0 spiro atoms. The number of hydrogen-bond acceptors (Lipinski definition) is 1. The van der Waals surface area contributed by atoms with Crippen molar-refractivity contribution < 1.29 is 8.78 Å². The van der Waals surface area contributed by atoms with Crippen LogP contribution in [0.3, 0.4) is 0 Å². The van der Waals surface area contributed by atoms with E-state index in [4.69, 9.17) is 5.73 Å². The molecule has 1 fully saturated rings. The summed E-state index contributed by atoms with van der Waals surface area (Å²) in [5.74, 6) is 0. The topological polar surface area (TPSA) is 26.0 Å². The molecule has 2 N–H and O–H groups in total. The van der Waals surface area contributed by atoms with E-state index in [0.29, 0.717) is 12.8 Å². The van der Waals surface area contributed by atoms with Gasteiger partial charge in [0.15, 0.2) is 0 Å². The van der Waals surface area contributed by atoms with Crippen LogP contribution in [0.4, 0.5) is 8.78 Å². The summed E-state index contributed by atoms with van der Waals surface area (Å²) in [6.07, 6.45) is 1.11. The number of rotatable bonds is 0. The normalized spacial score (nSPS) is 26.7. The maximum absolute atomic E-state index is 11.9. The lowest BCUT2D eigenvalue weighted by Gasteiger charge is -2.18. The van der Waals surface area contributed by atoms with Crippen LogP contribution in [0.2, 0.25) is 0 Å². The third kappa shape index (κ3) is 1.77. The van der Waals surface area contributed by atoms with E-state index in [0.717, 1.165) is 12.8 Å². The Kier molecular flexibility index (Phi) is 2.38. The molecular weight excluding hydrogens is 136 g/mol. The van der Waals surface area contributed by atoms with Crippen LogP contribution in [0.25, 0.3) is 0 Å². The summed E-state index contributed by atoms with van der Waals surface area (Å²) in [5.41, 5.74) is 5.76. The molecule has 0 unspecified atom stereocenters. The predicted molar refractivity (Wildman–Crippen MR) is 35.7 cm³/mol. The van der Waals surface area contributed by atoms with Crippen molar-refractivity contribution in [2.75, 3.05) is 0 Å². The molecule has 0 saturated heterocycles. The lowest BCUT2D eigenvalue weighted by Crippen LogP contribution is -2.23. The fraction of sp³-hybridized carbons (Fsp3) is 0.714. The summed E-state index contributed by atoms with van der Waals surface area (Å²) in [6.45, 7) is 0. The Labute approximate surface area is 58.9 Å². The average molecular weight is 147 g/mol. The van der Waals surface area contributed by atoms with Gasteiger partial charge >= 0.3 is 0 Å². The van der Waals surface area contributed by atoms with Crippen molar-refractivity contribution >= 4 is 0 Å². The molecule has 0 radical (unpaired) electrons. The van der Waals surface area contributed by atoms with Crippen molar-refractivity contribution in [3.63, 3.8) is 0 Å². The number of nitrogens with two attached hydrogens (primary N) is 1. The second-order valence-corrected chi connectivity index (χ2v) is 2.72. The summed E-state index contributed by atoms with van der Waals surface area (Å²) in [5, 5.41) is 0. The third-order valence-corrected chi connectivity index (χ3v) is 1.83. The molecule has 10 heavy (non-hydrogen) atoms. The molecule has 0 aliphatic heterocycles. The lowest BCUT2D eigenvalue weighted by atomic mass is 9.92. The molecule has 0 aromatic rings. The molecule has 0 heterocycles. The highest BCUT2D eigenvalue weighted by atomic mass is 19.3. The SMILES string of the molecule is N[C@@H]1CCCC(=C(F)F)C1. The van der Waals surface area contributed by atoms with Crippen LogP contribution >= 0.6 is 0 Å². The van der Waals surface area contributed by atoms with Gasteiger partial charge in [-0.15, -0.1) is 0 Å². The monoisotopic (exact) mass is 147 g/mol. The zero-order chi connectivity index (χ0) is 7.56. The van der Waals surface area contributed by atoms with Crippen molar-refractivity contribution in [1.82, 2.24) is 0 Å². The quantitative estimate of drug-likeness (QED) is 0.557. The van der Waals surface area contributed by atoms with E-state index < -0.39 is 6.08 Å². The Morgan fingerprint density at radius 1 is 1.50 bits per heavy atom. The van der Waals surface area contributed by atoms with Crippen molar-refractivity contribution in [1.29, 1.82) is 0 Å². The first-order valence-electron chi connectivity index (χ1n) is 3.48. The third-order valence-electron chi connectivity index (χ3n) is 1.83. The van der Waals surface area contributed by atoms with E-state index >= 15 is 0 Å². The van der Waals surface area contributed by atoms with Crippen LogP contribution in [0.1, 0.15) is 25.7 Å². The molecular formula is C7H11F2N. The van der Waals surface area contributed by atoms with E-state index in [1.807, 2.05) is 0 Å². The smallest absolute Gasteiger partial charge is 0.269 e. The van der Waals surface area contributed by atoms with Gasteiger partial charge < -0.3 is 5.73 Å². The van der Waals surface area contributed by atoms with Crippen molar-refractivity contribution in [3.8, 4) is 0 Å². The average Bonchev–Trinajstić information content (AvgIpc) is 1.88. The molecule has 0 aromatic carbocycles. The van der Waals surface area contributed by atoms with Crippen LogP contribution < -0.4 is 5.73 Å². The first kappa shape index (κ1) is 7.66. The van der Waals surface area contributed by atoms with Crippen molar-refractivity contribution in [3.05, 3.63) is 11.7 Å². The van der Waals surface area contributed by atoms with Crippen LogP contribution in [0, 0.1) is 0 Å². The zero-order valence-corrected chi connectivity index (χ0v) is 5.74. The van der Waals surface area contributed by atoms with Gasteiger partial charge in [-0.25, -0.2) is 0 Å². The van der Waals surface area contributed by atoms with Gasteiger partial charge in [0.1, 0.15) is 0 Å². The molecule has 1 nitrogen and oxygen atoms in total. The Bertz CT molecular complexity index is 150. The van der Waals surface area contributed by atoms with Gasteiger partial charge in [-0.2, -0.15) is 8.78 Å². The van der Waals surface area contributed by atoms with Crippen LogP contribution in [0.5, 0.6) is 0 Å². The fourth-order valence-electron chi connectivity index (χ4n) is 1.27. The Morgan fingerprint density at radius 2 is 2.20 bits per heavy atom. The summed E-state index contributed by atoms with van der Waals surface area (Å²) >= 11 is 0. The van der Waals surface area contributed by atoms with Crippen molar-refractivity contribution in [2.24, 2.45) is 5.73 Å². The molecule has 1 rings (SSSR count).